The molecule has 2 atom stereocenters. The molecule has 1 aromatic carbocycles. The van der Waals surface area contributed by atoms with Crippen LogP contribution in [0.5, 0.6) is 0 Å². The molecule has 1 saturated carbocycles. The summed E-state index contributed by atoms with van der Waals surface area (Å²) in [6.07, 6.45) is 4.88. The van der Waals surface area contributed by atoms with Crippen LogP contribution in [0.4, 0.5) is 4.79 Å². The van der Waals surface area contributed by atoms with Crippen LogP contribution >= 0.6 is 0 Å². The lowest BCUT2D eigenvalue weighted by atomic mass is 9.86. The maximum atomic E-state index is 12.2. The molecule has 0 aliphatic heterocycles. The van der Waals surface area contributed by atoms with Crippen LogP contribution in [0.1, 0.15) is 38.2 Å². The molecule has 0 spiro atoms. The molecule has 3 heteroatoms. The maximum absolute atomic E-state index is 12.2. The zero-order valence-electron chi connectivity index (χ0n) is 11.9. The lowest BCUT2D eigenvalue weighted by molar-refractivity contribution is 0.190. The summed E-state index contributed by atoms with van der Waals surface area (Å²) in [5.74, 6) is 0.600. The molecule has 0 aromatic heterocycles. The SMILES string of the molecule is CC1CCCCC1NC(=O)N(C)Cc1ccccc1. The summed E-state index contributed by atoms with van der Waals surface area (Å²) in [6, 6.07) is 10.5. The van der Waals surface area contributed by atoms with Gasteiger partial charge in [0.1, 0.15) is 0 Å². The van der Waals surface area contributed by atoms with Crippen molar-refractivity contribution in [2.75, 3.05) is 7.05 Å². The molecular weight excluding hydrogens is 236 g/mol. The summed E-state index contributed by atoms with van der Waals surface area (Å²) in [7, 11) is 1.86. The van der Waals surface area contributed by atoms with Crippen LogP contribution in [-0.4, -0.2) is 24.0 Å². The molecule has 19 heavy (non-hydrogen) atoms. The molecule has 1 aliphatic carbocycles. The fourth-order valence-electron chi connectivity index (χ4n) is 2.73. The van der Waals surface area contributed by atoms with Gasteiger partial charge in [-0.05, 0) is 24.3 Å². The number of nitrogens with zero attached hydrogens (tertiary/aromatic N) is 1. The molecule has 0 saturated heterocycles. The van der Waals surface area contributed by atoms with Gasteiger partial charge in [-0.3, -0.25) is 0 Å². The third-order valence-corrected chi connectivity index (χ3v) is 4.03. The van der Waals surface area contributed by atoms with Gasteiger partial charge in [0.05, 0.1) is 0 Å². The fraction of sp³-hybridized carbons (Fsp3) is 0.562. The molecule has 0 radical (unpaired) electrons. The average Bonchev–Trinajstić information content (AvgIpc) is 2.42. The van der Waals surface area contributed by atoms with E-state index in [4.69, 9.17) is 0 Å². The zero-order chi connectivity index (χ0) is 13.7. The summed E-state index contributed by atoms with van der Waals surface area (Å²) < 4.78 is 0. The minimum atomic E-state index is 0.0441. The third-order valence-electron chi connectivity index (χ3n) is 4.03. The van der Waals surface area contributed by atoms with Crippen LogP contribution in [0.25, 0.3) is 0 Å². The summed E-state index contributed by atoms with van der Waals surface area (Å²) in [5.41, 5.74) is 1.16. The molecule has 0 bridgehead atoms. The second kappa shape index (κ2) is 6.60. The van der Waals surface area contributed by atoms with Crippen molar-refractivity contribution in [2.24, 2.45) is 5.92 Å². The van der Waals surface area contributed by atoms with Gasteiger partial charge in [-0.2, -0.15) is 0 Å². The Balaban J connectivity index is 1.85. The number of carbonyl (C=O) groups excluding carboxylic acids is 1. The molecule has 1 N–H and O–H groups in total. The fourth-order valence-corrected chi connectivity index (χ4v) is 2.73. The minimum Gasteiger partial charge on any atom is -0.335 e. The monoisotopic (exact) mass is 260 g/mol. The van der Waals surface area contributed by atoms with Crippen LogP contribution in [0.2, 0.25) is 0 Å². The van der Waals surface area contributed by atoms with E-state index in [1.165, 1.54) is 19.3 Å². The van der Waals surface area contributed by atoms with Crippen molar-refractivity contribution in [3.8, 4) is 0 Å². The quantitative estimate of drug-likeness (QED) is 0.887. The standard InChI is InChI=1S/C16H24N2O/c1-13-8-6-7-11-15(13)17-16(19)18(2)12-14-9-4-3-5-10-14/h3-5,9-10,13,15H,6-8,11-12H2,1-2H3,(H,17,19). The summed E-state index contributed by atoms with van der Waals surface area (Å²) in [4.78, 5) is 13.9. The molecule has 1 fully saturated rings. The second-order valence-corrected chi connectivity index (χ2v) is 5.66. The van der Waals surface area contributed by atoms with E-state index in [1.807, 2.05) is 37.4 Å². The number of urea groups is 1. The molecular formula is C16H24N2O. The molecule has 2 rings (SSSR count). The first kappa shape index (κ1) is 13.9. The van der Waals surface area contributed by atoms with Crippen molar-refractivity contribution in [2.45, 2.75) is 45.2 Å². The Kier molecular flexibility index (Phi) is 4.83. The van der Waals surface area contributed by atoms with Gasteiger partial charge in [-0.1, -0.05) is 50.1 Å². The Labute approximate surface area is 116 Å². The summed E-state index contributed by atoms with van der Waals surface area (Å²) in [5, 5.41) is 3.18. The van der Waals surface area contributed by atoms with Gasteiger partial charge in [0.25, 0.3) is 0 Å². The Morgan fingerprint density at radius 2 is 1.95 bits per heavy atom. The molecule has 2 unspecified atom stereocenters. The maximum Gasteiger partial charge on any atom is 0.317 e. The van der Waals surface area contributed by atoms with Crippen LogP contribution in [0.3, 0.4) is 0 Å². The lowest BCUT2D eigenvalue weighted by Crippen LogP contribution is -2.46. The van der Waals surface area contributed by atoms with E-state index in [2.05, 4.69) is 12.2 Å². The first-order valence-electron chi connectivity index (χ1n) is 7.22. The zero-order valence-corrected chi connectivity index (χ0v) is 11.9. The van der Waals surface area contributed by atoms with Crippen molar-refractivity contribution in [1.82, 2.24) is 10.2 Å². The van der Waals surface area contributed by atoms with Gasteiger partial charge < -0.3 is 10.2 Å². The Hall–Kier alpha value is -1.51. The van der Waals surface area contributed by atoms with E-state index < -0.39 is 0 Å². The number of rotatable bonds is 3. The predicted molar refractivity (Wildman–Crippen MR) is 77.9 cm³/mol. The van der Waals surface area contributed by atoms with Crippen molar-refractivity contribution in [1.29, 1.82) is 0 Å². The van der Waals surface area contributed by atoms with E-state index in [-0.39, 0.29) is 6.03 Å². The number of benzene rings is 1. The number of hydrogen-bond donors (Lipinski definition) is 1. The number of hydrogen-bond acceptors (Lipinski definition) is 1. The highest BCUT2D eigenvalue weighted by Gasteiger charge is 2.23. The summed E-state index contributed by atoms with van der Waals surface area (Å²) in [6.45, 7) is 2.90. The number of nitrogens with one attached hydrogen (secondary N) is 1. The molecule has 1 aromatic rings. The molecule has 104 valence electrons. The van der Waals surface area contributed by atoms with Crippen molar-refractivity contribution >= 4 is 6.03 Å². The molecule has 0 heterocycles. The first-order chi connectivity index (χ1) is 9.16. The Bertz CT molecular complexity index is 404. The van der Waals surface area contributed by atoms with Gasteiger partial charge in [-0.25, -0.2) is 4.79 Å². The van der Waals surface area contributed by atoms with E-state index in [9.17, 15) is 4.79 Å². The average molecular weight is 260 g/mol. The first-order valence-corrected chi connectivity index (χ1v) is 7.22. The Morgan fingerprint density at radius 1 is 1.26 bits per heavy atom. The van der Waals surface area contributed by atoms with Crippen LogP contribution in [0, 0.1) is 5.92 Å². The van der Waals surface area contributed by atoms with Crippen molar-refractivity contribution < 1.29 is 4.79 Å². The predicted octanol–water partition coefficient (Wildman–Crippen LogP) is 3.41. The van der Waals surface area contributed by atoms with Gasteiger partial charge in [0, 0.05) is 19.6 Å². The van der Waals surface area contributed by atoms with Crippen LogP contribution in [-0.2, 0) is 6.54 Å². The van der Waals surface area contributed by atoms with E-state index in [0.717, 1.165) is 12.0 Å². The highest BCUT2D eigenvalue weighted by atomic mass is 16.2. The summed E-state index contributed by atoms with van der Waals surface area (Å²) >= 11 is 0. The highest BCUT2D eigenvalue weighted by molar-refractivity contribution is 5.74. The Morgan fingerprint density at radius 3 is 2.63 bits per heavy atom. The minimum absolute atomic E-state index is 0.0441. The molecule has 2 amide bonds. The van der Waals surface area contributed by atoms with Gasteiger partial charge in [0.2, 0.25) is 0 Å². The normalized spacial score (nSPS) is 22.8. The van der Waals surface area contributed by atoms with E-state index >= 15 is 0 Å². The highest BCUT2D eigenvalue weighted by Crippen LogP contribution is 2.23. The smallest absolute Gasteiger partial charge is 0.317 e. The third kappa shape index (κ3) is 3.98. The lowest BCUT2D eigenvalue weighted by Gasteiger charge is -2.31. The van der Waals surface area contributed by atoms with Crippen LogP contribution in [0.15, 0.2) is 30.3 Å². The van der Waals surface area contributed by atoms with E-state index in [1.54, 1.807) is 4.90 Å². The molecule has 1 aliphatic rings. The van der Waals surface area contributed by atoms with Crippen molar-refractivity contribution in [3.63, 3.8) is 0 Å². The van der Waals surface area contributed by atoms with Gasteiger partial charge in [-0.15, -0.1) is 0 Å². The van der Waals surface area contributed by atoms with E-state index in [0.29, 0.717) is 18.5 Å². The number of carbonyl (C=O) groups is 1. The van der Waals surface area contributed by atoms with Gasteiger partial charge in [0.15, 0.2) is 0 Å². The topological polar surface area (TPSA) is 32.3 Å². The largest absolute Gasteiger partial charge is 0.335 e. The number of amides is 2. The van der Waals surface area contributed by atoms with Crippen LogP contribution < -0.4 is 5.32 Å². The second-order valence-electron chi connectivity index (χ2n) is 5.66. The van der Waals surface area contributed by atoms with Crippen molar-refractivity contribution in [3.05, 3.63) is 35.9 Å². The van der Waals surface area contributed by atoms with Gasteiger partial charge >= 0.3 is 6.03 Å². The molecule has 3 nitrogen and oxygen atoms in total.